The van der Waals surface area contributed by atoms with Gasteiger partial charge in [-0.15, -0.1) is 0 Å². The van der Waals surface area contributed by atoms with Crippen molar-refractivity contribution in [1.82, 2.24) is 9.88 Å². The zero-order valence-corrected chi connectivity index (χ0v) is 19.5. The van der Waals surface area contributed by atoms with Gasteiger partial charge in [0.05, 0.1) is 0 Å². The number of aryl methyl sites for hydroxylation is 1. The molecule has 2 aromatic carbocycles. The SMILES string of the molecule is Cc1ccc(C(=O)Nc2cccc(CN3CCCCC3)c2)cc1NC(=O)C=Cc1cccnc1. The normalized spacial score (nSPS) is 14.1. The third kappa shape index (κ3) is 6.62. The van der Waals surface area contributed by atoms with Crippen LogP contribution in [0.5, 0.6) is 0 Å². The Kier molecular flexibility index (Phi) is 7.83. The molecular weight excluding hydrogens is 424 g/mol. The molecule has 0 bridgehead atoms. The molecule has 2 amide bonds. The molecule has 2 heterocycles. The van der Waals surface area contributed by atoms with Crippen LogP contribution in [0, 0.1) is 6.92 Å². The fourth-order valence-corrected chi connectivity index (χ4v) is 4.05. The molecule has 0 spiro atoms. The van der Waals surface area contributed by atoms with Gasteiger partial charge < -0.3 is 10.6 Å². The molecule has 6 nitrogen and oxygen atoms in total. The molecule has 0 radical (unpaired) electrons. The second kappa shape index (κ2) is 11.4. The third-order valence-electron chi connectivity index (χ3n) is 5.91. The highest BCUT2D eigenvalue weighted by Crippen LogP contribution is 2.20. The zero-order valence-electron chi connectivity index (χ0n) is 19.5. The first-order valence-corrected chi connectivity index (χ1v) is 11.7. The predicted octanol–water partition coefficient (Wildman–Crippen LogP) is 5.28. The summed E-state index contributed by atoms with van der Waals surface area (Å²) in [5.74, 6) is -0.480. The van der Waals surface area contributed by atoms with Crippen molar-refractivity contribution in [2.75, 3.05) is 23.7 Å². The van der Waals surface area contributed by atoms with Crippen molar-refractivity contribution < 1.29 is 9.59 Å². The second-order valence-corrected chi connectivity index (χ2v) is 8.63. The fraction of sp³-hybridized carbons (Fsp3) is 0.250. The number of amides is 2. The Morgan fingerprint density at radius 1 is 1.00 bits per heavy atom. The summed E-state index contributed by atoms with van der Waals surface area (Å²) in [4.78, 5) is 31.8. The Morgan fingerprint density at radius 3 is 2.65 bits per heavy atom. The van der Waals surface area contributed by atoms with Crippen molar-refractivity contribution in [2.24, 2.45) is 0 Å². The number of piperidine rings is 1. The molecule has 4 rings (SSSR count). The van der Waals surface area contributed by atoms with Crippen molar-refractivity contribution in [3.05, 3.63) is 95.3 Å². The molecule has 1 aliphatic rings. The van der Waals surface area contributed by atoms with E-state index in [1.54, 1.807) is 30.6 Å². The van der Waals surface area contributed by atoms with Crippen molar-refractivity contribution in [2.45, 2.75) is 32.7 Å². The Bertz CT molecular complexity index is 1170. The number of carbonyl (C=O) groups excluding carboxylic acids is 2. The molecule has 1 fully saturated rings. The number of rotatable bonds is 7. The predicted molar refractivity (Wildman–Crippen MR) is 137 cm³/mol. The molecule has 174 valence electrons. The van der Waals surface area contributed by atoms with Crippen LogP contribution in [-0.2, 0) is 11.3 Å². The largest absolute Gasteiger partial charge is 0.322 e. The molecule has 0 atom stereocenters. The molecule has 0 unspecified atom stereocenters. The number of carbonyl (C=O) groups is 2. The van der Waals surface area contributed by atoms with E-state index in [0.29, 0.717) is 11.3 Å². The minimum absolute atomic E-state index is 0.212. The van der Waals surface area contributed by atoms with Crippen LogP contribution in [-0.4, -0.2) is 34.8 Å². The van der Waals surface area contributed by atoms with Crippen LogP contribution in [0.25, 0.3) is 6.08 Å². The maximum atomic E-state index is 12.9. The number of hydrogen-bond donors (Lipinski definition) is 2. The van der Waals surface area contributed by atoms with E-state index in [4.69, 9.17) is 0 Å². The lowest BCUT2D eigenvalue weighted by Gasteiger charge is -2.26. The number of anilines is 2. The molecule has 1 aliphatic heterocycles. The first kappa shape index (κ1) is 23.4. The molecule has 1 aromatic heterocycles. The molecule has 3 aromatic rings. The molecular formula is C28H30N4O2. The van der Waals surface area contributed by atoms with Crippen LogP contribution >= 0.6 is 0 Å². The third-order valence-corrected chi connectivity index (χ3v) is 5.91. The van der Waals surface area contributed by atoms with Gasteiger partial charge in [0.25, 0.3) is 5.91 Å². The quantitative estimate of drug-likeness (QED) is 0.476. The highest BCUT2D eigenvalue weighted by molar-refractivity contribution is 6.07. The van der Waals surface area contributed by atoms with E-state index in [1.165, 1.54) is 30.9 Å². The van der Waals surface area contributed by atoms with Gasteiger partial charge in [0.1, 0.15) is 0 Å². The molecule has 6 heteroatoms. The maximum absolute atomic E-state index is 12.9. The van der Waals surface area contributed by atoms with Gasteiger partial charge >= 0.3 is 0 Å². The van der Waals surface area contributed by atoms with E-state index < -0.39 is 0 Å². The summed E-state index contributed by atoms with van der Waals surface area (Å²) in [6.45, 7) is 5.06. The van der Waals surface area contributed by atoms with E-state index in [-0.39, 0.29) is 11.8 Å². The van der Waals surface area contributed by atoms with Crippen LogP contribution in [0.2, 0.25) is 0 Å². The highest BCUT2D eigenvalue weighted by atomic mass is 16.2. The van der Waals surface area contributed by atoms with Gasteiger partial charge in [-0.05, 0) is 86.0 Å². The number of benzene rings is 2. The highest BCUT2D eigenvalue weighted by Gasteiger charge is 2.13. The van der Waals surface area contributed by atoms with E-state index >= 15 is 0 Å². The van der Waals surface area contributed by atoms with E-state index in [2.05, 4.69) is 26.6 Å². The lowest BCUT2D eigenvalue weighted by Crippen LogP contribution is -2.29. The topological polar surface area (TPSA) is 74.3 Å². The van der Waals surface area contributed by atoms with Crippen LogP contribution < -0.4 is 10.6 Å². The number of likely N-dealkylation sites (tertiary alicyclic amines) is 1. The molecule has 0 aliphatic carbocycles. The van der Waals surface area contributed by atoms with Crippen LogP contribution in [0.3, 0.4) is 0 Å². The Hall–Kier alpha value is -3.77. The van der Waals surface area contributed by atoms with Gasteiger partial charge in [-0.1, -0.05) is 30.7 Å². The van der Waals surface area contributed by atoms with Gasteiger partial charge in [0, 0.05) is 42.0 Å². The summed E-state index contributed by atoms with van der Waals surface area (Å²) in [7, 11) is 0. The summed E-state index contributed by atoms with van der Waals surface area (Å²) >= 11 is 0. The Labute approximate surface area is 200 Å². The summed E-state index contributed by atoms with van der Waals surface area (Å²) in [6, 6.07) is 17.0. The number of pyridine rings is 1. The molecule has 2 N–H and O–H groups in total. The van der Waals surface area contributed by atoms with Crippen molar-refractivity contribution >= 4 is 29.3 Å². The summed E-state index contributed by atoms with van der Waals surface area (Å²) in [5.41, 5.74) is 4.76. The van der Waals surface area contributed by atoms with Gasteiger partial charge in [-0.2, -0.15) is 0 Å². The number of aromatic nitrogens is 1. The van der Waals surface area contributed by atoms with Crippen LogP contribution in [0.1, 0.15) is 46.3 Å². The number of nitrogens with one attached hydrogen (secondary N) is 2. The lowest BCUT2D eigenvalue weighted by molar-refractivity contribution is -0.111. The van der Waals surface area contributed by atoms with Crippen molar-refractivity contribution in [3.8, 4) is 0 Å². The van der Waals surface area contributed by atoms with E-state index in [1.807, 2.05) is 43.3 Å². The first-order chi connectivity index (χ1) is 16.6. The zero-order chi connectivity index (χ0) is 23.8. The van der Waals surface area contributed by atoms with Gasteiger partial charge in [-0.25, -0.2) is 0 Å². The summed E-state index contributed by atoms with van der Waals surface area (Å²) in [6.07, 6.45) is 10.3. The van der Waals surface area contributed by atoms with E-state index in [9.17, 15) is 9.59 Å². The Morgan fingerprint density at radius 2 is 1.85 bits per heavy atom. The lowest BCUT2D eigenvalue weighted by atomic mass is 10.1. The van der Waals surface area contributed by atoms with Gasteiger partial charge in [-0.3, -0.25) is 19.5 Å². The Balaban J connectivity index is 1.40. The minimum atomic E-state index is -0.269. The van der Waals surface area contributed by atoms with Crippen LogP contribution in [0.4, 0.5) is 11.4 Å². The van der Waals surface area contributed by atoms with E-state index in [0.717, 1.165) is 36.4 Å². The number of nitrogens with zero attached hydrogens (tertiary/aromatic N) is 2. The van der Waals surface area contributed by atoms with Crippen molar-refractivity contribution in [1.29, 1.82) is 0 Å². The minimum Gasteiger partial charge on any atom is -0.322 e. The average molecular weight is 455 g/mol. The van der Waals surface area contributed by atoms with Crippen LogP contribution in [0.15, 0.2) is 73.1 Å². The second-order valence-electron chi connectivity index (χ2n) is 8.63. The van der Waals surface area contributed by atoms with Gasteiger partial charge in [0.2, 0.25) is 5.91 Å². The van der Waals surface area contributed by atoms with Crippen molar-refractivity contribution in [3.63, 3.8) is 0 Å². The summed E-state index contributed by atoms with van der Waals surface area (Å²) in [5, 5.41) is 5.85. The standard InChI is InChI=1S/C28H30N4O2/c1-21-10-12-24(18-26(21)31-27(33)13-11-22-8-6-14-29-19-22)28(34)30-25-9-5-7-23(17-25)20-32-15-3-2-4-16-32/h5-14,17-19H,2-4,15-16,20H2,1H3,(H,30,34)(H,31,33). The average Bonchev–Trinajstić information content (AvgIpc) is 2.85. The molecule has 34 heavy (non-hydrogen) atoms. The number of hydrogen-bond acceptors (Lipinski definition) is 4. The smallest absolute Gasteiger partial charge is 0.255 e. The maximum Gasteiger partial charge on any atom is 0.255 e. The monoisotopic (exact) mass is 454 g/mol. The molecule has 1 saturated heterocycles. The first-order valence-electron chi connectivity index (χ1n) is 11.7. The molecule has 0 saturated carbocycles. The van der Waals surface area contributed by atoms with Gasteiger partial charge in [0.15, 0.2) is 0 Å². The summed E-state index contributed by atoms with van der Waals surface area (Å²) < 4.78 is 0. The fourth-order valence-electron chi connectivity index (χ4n) is 4.05.